The van der Waals surface area contributed by atoms with Gasteiger partial charge in [0.15, 0.2) is 0 Å². The van der Waals surface area contributed by atoms with E-state index in [0.29, 0.717) is 25.2 Å². The molecule has 0 aliphatic carbocycles. The molecule has 0 aromatic carbocycles. The summed E-state index contributed by atoms with van der Waals surface area (Å²) in [5.74, 6) is 0.615. The van der Waals surface area contributed by atoms with Crippen LogP contribution in [0.15, 0.2) is 23.8 Å². The number of hydrogen-bond donors (Lipinski definition) is 1. The van der Waals surface area contributed by atoms with Crippen molar-refractivity contribution in [2.75, 3.05) is 0 Å². The highest BCUT2D eigenvalue weighted by Crippen LogP contribution is 2.28. The fraction of sp³-hybridized carbons (Fsp3) is 0.316. The predicted molar refractivity (Wildman–Crippen MR) is 111 cm³/mol. The van der Waals surface area contributed by atoms with Crippen LogP contribution >= 0.6 is 22.7 Å². The summed E-state index contributed by atoms with van der Waals surface area (Å²) in [5.41, 5.74) is 3.93. The van der Waals surface area contributed by atoms with E-state index < -0.39 is 0 Å². The van der Waals surface area contributed by atoms with Gasteiger partial charge >= 0.3 is 0 Å². The van der Waals surface area contributed by atoms with Crippen molar-refractivity contribution in [3.05, 3.63) is 50.7 Å². The Hall–Kier alpha value is -2.65. The molecule has 144 valence electrons. The van der Waals surface area contributed by atoms with Crippen molar-refractivity contribution in [1.29, 1.82) is 0 Å². The first kappa shape index (κ1) is 18.7. The molecular weight excluding hydrogens is 392 g/mol. The van der Waals surface area contributed by atoms with Gasteiger partial charge in [-0.2, -0.15) is 10.1 Å². The van der Waals surface area contributed by atoms with E-state index in [4.69, 9.17) is 0 Å². The van der Waals surface area contributed by atoms with Crippen LogP contribution in [-0.2, 0) is 17.8 Å². The molecule has 0 fully saturated rings. The van der Waals surface area contributed by atoms with Gasteiger partial charge < -0.3 is 5.32 Å². The van der Waals surface area contributed by atoms with Crippen LogP contribution in [0.2, 0.25) is 0 Å². The van der Waals surface area contributed by atoms with Crippen LogP contribution in [0.4, 0.5) is 0 Å². The summed E-state index contributed by atoms with van der Waals surface area (Å²) in [6.07, 6.45) is 2.53. The quantitative estimate of drug-likeness (QED) is 0.524. The third-order valence-corrected chi connectivity index (χ3v) is 6.46. The van der Waals surface area contributed by atoms with Crippen molar-refractivity contribution in [1.82, 2.24) is 29.9 Å². The fourth-order valence-electron chi connectivity index (χ4n) is 3.12. The number of fused-ring (bicyclic) bond motifs is 1. The van der Waals surface area contributed by atoms with Crippen molar-refractivity contribution in [2.24, 2.45) is 0 Å². The molecule has 4 rings (SSSR count). The number of carbonyl (C=O) groups excluding carboxylic acids is 1. The summed E-state index contributed by atoms with van der Waals surface area (Å²) < 4.78 is 1.72. The number of amides is 1. The third-order valence-electron chi connectivity index (χ3n) is 4.58. The Bertz CT molecular complexity index is 1140. The minimum atomic E-state index is 0.0249. The fourth-order valence-corrected chi connectivity index (χ4v) is 4.71. The van der Waals surface area contributed by atoms with Crippen molar-refractivity contribution in [2.45, 2.75) is 40.2 Å². The largest absolute Gasteiger partial charge is 0.351 e. The van der Waals surface area contributed by atoms with Gasteiger partial charge in [-0.3, -0.25) is 4.79 Å². The Morgan fingerprint density at radius 3 is 2.86 bits per heavy atom. The summed E-state index contributed by atoms with van der Waals surface area (Å²) in [5, 5.41) is 10.3. The number of aryl methyl sites for hydroxylation is 3. The molecule has 4 aromatic heterocycles. The molecule has 0 spiro atoms. The maximum absolute atomic E-state index is 12.3. The lowest BCUT2D eigenvalue weighted by atomic mass is 10.1. The summed E-state index contributed by atoms with van der Waals surface area (Å²) >= 11 is 3.31. The maximum Gasteiger partial charge on any atom is 0.252 e. The van der Waals surface area contributed by atoms with Crippen LogP contribution in [0.3, 0.4) is 0 Å². The zero-order valence-corrected chi connectivity index (χ0v) is 17.5. The second-order valence-electron chi connectivity index (χ2n) is 6.53. The lowest BCUT2D eigenvalue weighted by Gasteiger charge is -2.10. The van der Waals surface area contributed by atoms with Gasteiger partial charge in [0.2, 0.25) is 5.91 Å². The minimum Gasteiger partial charge on any atom is -0.351 e. The lowest BCUT2D eigenvalue weighted by Crippen LogP contribution is -2.23. The lowest BCUT2D eigenvalue weighted by molar-refractivity contribution is -0.121. The Morgan fingerprint density at radius 2 is 2.07 bits per heavy atom. The predicted octanol–water partition coefficient (Wildman–Crippen LogP) is 3.48. The molecule has 0 atom stereocenters. The molecular formula is C19H20N6OS2. The first-order valence-electron chi connectivity index (χ1n) is 8.95. The first-order chi connectivity index (χ1) is 13.5. The van der Waals surface area contributed by atoms with Crippen molar-refractivity contribution < 1.29 is 4.79 Å². The molecule has 0 saturated carbocycles. The summed E-state index contributed by atoms with van der Waals surface area (Å²) in [6, 6.07) is 4.11. The standard InChI is InChI=1S/C19H20N6OS2/c1-11-15(12(2)25-19(23-11)21-10-22-25)5-7-18(26)20-8-14-4-6-17(28-14)16-9-27-13(3)24-16/h4,6,9-10H,5,7-8H2,1-3H3,(H,20,26). The van der Waals surface area contributed by atoms with E-state index >= 15 is 0 Å². The number of rotatable bonds is 6. The van der Waals surface area contributed by atoms with Crippen LogP contribution in [0.1, 0.15) is 33.3 Å². The first-order valence-corrected chi connectivity index (χ1v) is 10.6. The normalized spacial score (nSPS) is 11.2. The van der Waals surface area contributed by atoms with Gasteiger partial charge in [0.05, 0.1) is 22.1 Å². The average molecular weight is 413 g/mol. The molecule has 0 bridgehead atoms. The Labute approximate surface area is 170 Å². The molecule has 4 heterocycles. The second kappa shape index (κ2) is 7.76. The smallest absolute Gasteiger partial charge is 0.252 e. The molecule has 1 amide bonds. The van der Waals surface area contributed by atoms with Gasteiger partial charge in [-0.1, -0.05) is 0 Å². The van der Waals surface area contributed by atoms with E-state index in [9.17, 15) is 4.79 Å². The van der Waals surface area contributed by atoms with Crippen molar-refractivity contribution in [3.63, 3.8) is 0 Å². The van der Waals surface area contributed by atoms with Gasteiger partial charge in [0.1, 0.15) is 6.33 Å². The van der Waals surface area contributed by atoms with Crippen LogP contribution < -0.4 is 5.32 Å². The van der Waals surface area contributed by atoms with E-state index in [1.54, 1.807) is 27.2 Å². The van der Waals surface area contributed by atoms with E-state index in [-0.39, 0.29) is 5.91 Å². The highest BCUT2D eigenvalue weighted by atomic mass is 32.1. The van der Waals surface area contributed by atoms with Gasteiger partial charge in [-0.25, -0.2) is 14.5 Å². The van der Waals surface area contributed by atoms with Crippen molar-refractivity contribution in [3.8, 4) is 10.6 Å². The van der Waals surface area contributed by atoms with Crippen LogP contribution in [0.5, 0.6) is 0 Å². The molecule has 0 saturated heterocycles. The summed E-state index contributed by atoms with van der Waals surface area (Å²) in [6.45, 7) is 6.46. The Kier molecular flexibility index (Phi) is 5.19. The molecule has 0 unspecified atom stereocenters. The highest BCUT2D eigenvalue weighted by Gasteiger charge is 2.13. The van der Waals surface area contributed by atoms with E-state index in [1.165, 1.54) is 6.33 Å². The molecule has 0 aliphatic rings. The Morgan fingerprint density at radius 1 is 1.21 bits per heavy atom. The van der Waals surface area contributed by atoms with E-state index in [0.717, 1.165) is 37.4 Å². The van der Waals surface area contributed by atoms with E-state index in [2.05, 4.69) is 36.8 Å². The topological polar surface area (TPSA) is 85.1 Å². The van der Waals surface area contributed by atoms with Gasteiger partial charge in [-0.05, 0) is 44.9 Å². The molecule has 1 N–H and O–H groups in total. The number of aromatic nitrogens is 5. The molecule has 28 heavy (non-hydrogen) atoms. The molecule has 9 heteroatoms. The van der Waals surface area contributed by atoms with Crippen LogP contribution in [0, 0.1) is 20.8 Å². The van der Waals surface area contributed by atoms with Crippen LogP contribution in [-0.4, -0.2) is 30.5 Å². The summed E-state index contributed by atoms with van der Waals surface area (Å²) in [7, 11) is 0. The number of thiophene rings is 1. The molecule has 7 nitrogen and oxygen atoms in total. The summed E-state index contributed by atoms with van der Waals surface area (Å²) in [4.78, 5) is 27.7. The molecule has 4 aromatic rings. The Balaban J connectivity index is 1.35. The van der Waals surface area contributed by atoms with Gasteiger partial charge in [0, 0.05) is 28.1 Å². The zero-order chi connectivity index (χ0) is 19.7. The third kappa shape index (κ3) is 3.81. The monoisotopic (exact) mass is 412 g/mol. The highest BCUT2D eigenvalue weighted by molar-refractivity contribution is 7.16. The number of nitrogens with zero attached hydrogens (tertiary/aromatic N) is 5. The second-order valence-corrected chi connectivity index (χ2v) is 8.76. The molecule has 0 radical (unpaired) electrons. The van der Waals surface area contributed by atoms with Crippen molar-refractivity contribution >= 4 is 34.4 Å². The number of thiazole rings is 1. The van der Waals surface area contributed by atoms with Crippen LogP contribution in [0.25, 0.3) is 16.3 Å². The SMILES string of the molecule is Cc1nc(-c2ccc(CNC(=O)CCc3c(C)nc4ncnn4c3C)s2)cs1. The molecule has 0 aliphatic heterocycles. The maximum atomic E-state index is 12.3. The van der Waals surface area contributed by atoms with Gasteiger partial charge in [0.25, 0.3) is 5.78 Å². The number of hydrogen-bond acceptors (Lipinski definition) is 7. The van der Waals surface area contributed by atoms with Gasteiger partial charge in [-0.15, -0.1) is 22.7 Å². The number of nitrogens with one attached hydrogen (secondary N) is 1. The zero-order valence-electron chi connectivity index (χ0n) is 15.9. The average Bonchev–Trinajstić information content (AvgIpc) is 3.40. The number of carbonyl (C=O) groups is 1. The minimum absolute atomic E-state index is 0.0249. The van der Waals surface area contributed by atoms with E-state index in [1.807, 2.05) is 26.8 Å².